The van der Waals surface area contributed by atoms with Crippen molar-refractivity contribution >= 4 is 5.69 Å². The monoisotopic (exact) mass is 266 g/mol. The smallest absolute Gasteiger partial charge is 0.282 e. The minimum atomic E-state index is -0.443. The molecule has 0 unspecified atom stereocenters. The Balaban J connectivity index is 2.05. The van der Waals surface area contributed by atoms with Gasteiger partial charge in [0, 0.05) is 11.6 Å². The molecule has 3 aromatic rings. The summed E-state index contributed by atoms with van der Waals surface area (Å²) < 4.78 is 5.38. The van der Waals surface area contributed by atoms with Crippen molar-refractivity contribution in [3.63, 3.8) is 0 Å². The Bertz CT molecular complexity index is 751. The van der Waals surface area contributed by atoms with E-state index < -0.39 is 4.92 Å². The first-order valence-electron chi connectivity index (χ1n) is 6.00. The number of hydrogen-bond donors (Lipinski definition) is 0. The Morgan fingerprint density at radius 1 is 1.00 bits per heavy atom. The molecular formula is C15H10N2O3. The number of nitrogens with zero attached hydrogens (tertiary/aromatic N) is 2. The number of aromatic nitrogens is 1. The third-order valence-corrected chi connectivity index (χ3v) is 2.90. The van der Waals surface area contributed by atoms with Crippen LogP contribution < -0.4 is 0 Å². The van der Waals surface area contributed by atoms with E-state index in [4.69, 9.17) is 4.42 Å². The van der Waals surface area contributed by atoms with Crippen molar-refractivity contribution in [1.29, 1.82) is 0 Å². The average Bonchev–Trinajstić information content (AvgIpc) is 2.98. The molecule has 0 bridgehead atoms. The van der Waals surface area contributed by atoms with Gasteiger partial charge in [0.1, 0.15) is 17.5 Å². The van der Waals surface area contributed by atoms with Gasteiger partial charge in [-0.3, -0.25) is 10.1 Å². The van der Waals surface area contributed by atoms with Gasteiger partial charge in [-0.25, -0.2) is 4.98 Å². The molecule has 0 amide bonds. The van der Waals surface area contributed by atoms with Gasteiger partial charge in [0.2, 0.25) is 5.89 Å². The molecule has 5 heteroatoms. The fourth-order valence-electron chi connectivity index (χ4n) is 1.95. The van der Waals surface area contributed by atoms with Crippen LogP contribution in [0.4, 0.5) is 5.69 Å². The van der Waals surface area contributed by atoms with Crippen LogP contribution in [0.3, 0.4) is 0 Å². The van der Waals surface area contributed by atoms with Gasteiger partial charge in [-0.05, 0) is 6.07 Å². The zero-order valence-electron chi connectivity index (χ0n) is 10.4. The second kappa shape index (κ2) is 4.97. The number of hydrogen-bond acceptors (Lipinski definition) is 4. The van der Waals surface area contributed by atoms with E-state index in [-0.39, 0.29) is 11.6 Å². The maximum atomic E-state index is 11.0. The lowest BCUT2D eigenvalue weighted by Gasteiger charge is -1.97. The number of benzene rings is 2. The second-order valence-electron chi connectivity index (χ2n) is 4.18. The Morgan fingerprint density at radius 2 is 1.70 bits per heavy atom. The van der Waals surface area contributed by atoms with E-state index in [1.807, 2.05) is 30.3 Å². The summed E-state index contributed by atoms with van der Waals surface area (Å²) in [7, 11) is 0. The number of nitro groups is 1. The van der Waals surface area contributed by atoms with Crippen LogP contribution >= 0.6 is 0 Å². The lowest BCUT2D eigenvalue weighted by molar-refractivity contribution is -0.384. The van der Waals surface area contributed by atoms with Crippen LogP contribution in [0.1, 0.15) is 0 Å². The first-order valence-corrected chi connectivity index (χ1v) is 6.00. The molecule has 0 aliphatic rings. The zero-order valence-corrected chi connectivity index (χ0v) is 10.4. The Hall–Kier alpha value is -2.95. The lowest BCUT2D eigenvalue weighted by atomic mass is 10.1. The van der Waals surface area contributed by atoms with Gasteiger partial charge in [0.25, 0.3) is 5.69 Å². The van der Waals surface area contributed by atoms with Crippen LogP contribution in [0.25, 0.3) is 22.7 Å². The Morgan fingerprint density at radius 3 is 2.45 bits per heavy atom. The molecule has 0 spiro atoms. The van der Waals surface area contributed by atoms with E-state index in [9.17, 15) is 10.1 Å². The molecule has 0 N–H and O–H groups in total. The quantitative estimate of drug-likeness (QED) is 0.532. The van der Waals surface area contributed by atoms with Gasteiger partial charge in [-0.2, -0.15) is 0 Å². The predicted octanol–water partition coefficient (Wildman–Crippen LogP) is 3.92. The fourth-order valence-corrected chi connectivity index (χ4v) is 1.95. The van der Waals surface area contributed by atoms with E-state index >= 15 is 0 Å². The third-order valence-electron chi connectivity index (χ3n) is 2.90. The molecule has 0 saturated heterocycles. The average molecular weight is 266 g/mol. The third kappa shape index (κ3) is 2.16. The molecule has 0 fully saturated rings. The highest BCUT2D eigenvalue weighted by molar-refractivity contribution is 5.69. The fraction of sp³-hybridized carbons (Fsp3) is 0. The van der Waals surface area contributed by atoms with E-state index in [2.05, 4.69) is 4.98 Å². The van der Waals surface area contributed by atoms with Crippen LogP contribution in [0.15, 0.2) is 65.3 Å². The summed E-state index contributed by atoms with van der Waals surface area (Å²) in [5.74, 6) is 0.246. The number of para-hydroxylation sites is 1. The highest BCUT2D eigenvalue weighted by Gasteiger charge is 2.18. The molecule has 1 aromatic heterocycles. The maximum Gasteiger partial charge on any atom is 0.282 e. The minimum absolute atomic E-state index is 0.0195. The molecule has 1 heterocycles. The largest absolute Gasteiger partial charge is 0.444 e. The zero-order chi connectivity index (χ0) is 13.9. The van der Waals surface area contributed by atoms with Crippen LogP contribution in [0.2, 0.25) is 0 Å². The van der Waals surface area contributed by atoms with Crippen LogP contribution in [-0.4, -0.2) is 9.91 Å². The van der Waals surface area contributed by atoms with E-state index in [1.165, 1.54) is 12.3 Å². The van der Waals surface area contributed by atoms with E-state index in [0.717, 1.165) is 5.56 Å². The van der Waals surface area contributed by atoms with E-state index in [0.29, 0.717) is 11.3 Å². The molecule has 0 aliphatic carbocycles. The summed E-state index contributed by atoms with van der Waals surface area (Å²) in [6.45, 7) is 0. The van der Waals surface area contributed by atoms with Gasteiger partial charge in [-0.15, -0.1) is 0 Å². The van der Waals surface area contributed by atoms with Crippen LogP contribution in [-0.2, 0) is 0 Å². The Labute approximate surface area is 114 Å². The van der Waals surface area contributed by atoms with E-state index in [1.54, 1.807) is 18.2 Å². The summed E-state index contributed by atoms with van der Waals surface area (Å²) >= 11 is 0. The summed E-state index contributed by atoms with van der Waals surface area (Å²) in [5, 5.41) is 11.0. The molecule has 2 aromatic carbocycles. The van der Waals surface area contributed by atoms with Gasteiger partial charge in [0.15, 0.2) is 0 Å². The summed E-state index contributed by atoms with van der Waals surface area (Å²) in [5.41, 5.74) is 1.91. The molecule has 0 saturated carbocycles. The number of rotatable bonds is 3. The van der Waals surface area contributed by atoms with Crippen LogP contribution in [0.5, 0.6) is 0 Å². The molecule has 20 heavy (non-hydrogen) atoms. The predicted molar refractivity (Wildman–Crippen MR) is 74.0 cm³/mol. The highest BCUT2D eigenvalue weighted by atomic mass is 16.6. The number of nitro benzene ring substituents is 1. The molecule has 3 rings (SSSR count). The molecule has 0 aliphatic heterocycles. The van der Waals surface area contributed by atoms with Crippen molar-refractivity contribution in [3.05, 3.63) is 71.0 Å². The first kappa shape index (κ1) is 12.1. The van der Waals surface area contributed by atoms with Crippen molar-refractivity contribution in [2.45, 2.75) is 0 Å². The standard InChI is InChI=1S/C15H10N2O3/c18-17(19)14-9-5-4-8-12(14)15-16-13(10-20-15)11-6-2-1-3-7-11/h1-10H. The molecule has 0 atom stereocenters. The summed E-state index contributed by atoms with van der Waals surface area (Å²) in [6.07, 6.45) is 1.50. The maximum absolute atomic E-state index is 11.0. The SMILES string of the molecule is O=[N+]([O-])c1ccccc1-c1nc(-c2ccccc2)co1. The second-order valence-corrected chi connectivity index (χ2v) is 4.18. The van der Waals surface area contributed by atoms with Crippen molar-refractivity contribution in [3.8, 4) is 22.7 Å². The molecule has 0 radical (unpaired) electrons. The topological polar surface area (TPSA) is 69.2 Å². The Kier molecular flexibility index (Phi) is 3.01. The summed E-state index contributed by atoms with van der Waals surface area (Å²) in [4.78, 5) is 14.9. The normalized spacial score (nSPS) is 10.4. The molecule has 5 nitrogen and oxygen atoms in total. The minimum Gasteiger partial charge on any atom is -0.444 e. The first-order chi connectivity index (χ1) is 9.75. The highest BCUT2D eigenvalue weighted by Crippen LogP contribution is 2.30. The van der Waals surface area contributed by atoms with Crippen molar-refractivity contribution in [2.24, 2.45) is 0 Å². The molecule has 98 valence electrons. The van der Waals surface area contributed by atoms with Gasteiger partial charge in [-0.1, -0.05) is 42.5 Å². The van der Waals surface area contributed by atoms with Crippen LogP contribution in [0, 0.1) is 10.1 Å². The number of oxazole rings is 1. The van der Waals surface area contributed by atoms with Gasteiger partial charge in [0.05, 0.1) is 4.92 Å². The van der Waals surface area contributed by atoms with Crippen molar-refractivity contribution in [1.82, 2.24) is 4.98 Å². The molecular weight excluding hydrogens is 256 g/mol. The van der Waals surface area contributed by atoms with Gasteiger partial charge < -0.3 is 4.42 Å². The summed E-state index contributed by atoms with van der Waals surface area (Å²) in [6, 6.07) is 15.9. The van der Waals surface area contributed by atoms with Crippen molar-refractivity contribution in [2.75, 3.05) is 0 Å². The van der Waals surface area contributed by atoms with Crippen molar-refractivity contribution < 1.29 is 9.34 Å². The van der Waals surface area contributed by atoms with Gasteiger partial charge >= 0.3 is 0 Å². The lowest BCUT2D eigenvalue weighted by Crippen LogP contribution is -1.91.